The minimum Gasteiger partial charge on any atom is -0.333 e. The predicted molar refractivity (Wildman–Crippen MR) is 85.7 cm³/mol. The SMILES string of the molecule is C[C@@H]1CCCN(C(=O)N[C@@H]2CC(=O)N(c3cccc(F)c3)C2)C1. The molecule has 3 rings (SSSR count). The van der Waals surface area contributed by atoms with Crippen LogP contribution in [0.15, 0.2) is 24.3 Å². The highest BCUT2D eigenvalue weighted by atomic mass is 19.1. The Balaban J connectivity index is 1.60. The minimum atomic E-state index is -0.370. The highest BCUT2D eigenvalue weighted by Gasteiger charge is 2.33. The molecule has 5 nitrogen and oxygen atoms in total. The summed E-state index contributed by atoms with van der Waals surface area (Å²) in [5.41, 5.74) is 0.540. The first-order valence-corrected chi connectivity index (χ1v) is 8.14. The lowest BCUT2D eigenvalue weighted by Crippen LogP contribution is -2.49. The van der Waals surface area contributed by atoms with Gasteiger partial charge in [0.25, 0.3) is 0 Å². The summed E-state index contributed by atoms with van der Waals surface area (Å²) in [7, 11) is 0. The summed E-state index contributed by atoms with van der Waals surface area (Å²) in [4.78, 5) is 27.8. The molecule has 2 aliphatic heterocycles. The molecule has 0 unspecified atom stereocenters. The van der Waals surface area contributed by atoms with E-state index >= 15 is 0 Å². The van der Waals surface area contributed by atoms with Gasteiger partial charge >= 0.3 is 6.03 Å². The van der Waals surface area contributed by atoms with Crippen LogP contribution in [0, 0.1) is 11.7 Å². The van der Waals surface area contributed by atoms with Gasteiger partial charge in [0, 0.05) is 31.7 Å². The van der Waals surface area contributed by atoms with Crippen LogP contribution in [0.3, 0.4) is 0 Å². The van der Waals surface area contributed by atoms with E-state index in [1.54, 1.807) is 12.1 Å². The van der Waals surface area contributed by atoms with Crippen molar-refractivity contribution in [3.05, 3.63) is 30.1 Å². The van der Waals surface area contributed by atoms with E-state index in [-0.39, 0.29) is 30.2 Å². The molecule has 0 bridgehead atoms. The van der Waals surface area contributed by atoms with E-state index < -0.39 is 0 Å². The highest BCUT2D eigenvalue weighted by molar-refractivity contribution is 5.96. The van der Waals surface area contributed by atoms with E-state index in [1.807, 2.05) is 4.90 Å². The van der Waals surface area contributed by atoms with Crippen LogP contribution in [0.1, 0.15) is 26.2 Å². The van der Waals surface area contributed by atoms with Crippen LogP contribution in [-0.2, 0) is 4.79 Å². The molecule has 0 spiro atoms. The second-order valence-electron chi connectivity index (χ2n) is 6.53. The summed E-state index contributed by atoms with van der Waals surface area (Å²) in [5, 5.41) is 2.94. The molecule has 1 aromatic rings. The van der Waals surface area contributed by atoms with Crippen molar-refractivity contribution in [2.45, 2.75) is 32.2 Å². The number of urea groups is 1. The minimum absolute atomic E-state index is 0.0899. The number of nitrogens with zero attached hydrogens (tertiary/aromatic N) is 2. The average Bonchev–Trinajstić information content (AvgIpc) is 2.88. The molecule has 124 valence electrons. The molecule has 2 aliphatic rings. The smallest absolute Gasteiger partial charge is 0.317 e. The van der Waals surface area contributed by atoms with Crippen LogP contribution >= 0.6 is 0 Å². The quantitative estimate of drug-likeness (QED) is 0.910. The van der Waals surface area contributed by atoms with Gasteiger partial charge in [0.2, 0.25) is 5.91 Å². The fraction of sp³-hybridized carbons (Fsp3) is 0.529. The number of hydrogen-bond acceptors (Lipinski definition) is 2. The van der Waals surface area contributed by atoms with Crippen molar-refractivity contribution in [2.24, 2.45) is 5.92 Å². The maximum absolute atomic E-state index is 13.3. The van der Waals surface area contributed by atoms with Gasteiger partial charge in [-0.1, -0.05) is 13.0 Å². The van der Waals surface area contributed by atoms with Gasteiger partial charge in [-0.3, -0.25) is 4.79 Å². The highest BCUT2D eigenvalue weighted by Crippen LogP contribution is 2.23. The van der Waals surface area contributed by atoms with Gasteiger partial charge in [0.05, 0.1) is 6.04 Å². The molecule has 2 atom stereocenters. The zero-order valence-electron chi connectivity index (χ0n) is 13.3. The monoisotopic (exact) mass is 319 g/mol. The predicted octanol–water partition coefficient (Wildman–Crippen LogP) is 2.37. The topological polar surface area (TPSA) is 52.7 Å². The van der Waals surface area contributed by atoms with Gasteiger partial charge < -0.3 is 15.1 Å². The lowest BCUT2D eigenvalue weighted by atomic mass is 10.0. The Bertz CT molecular complexity index is 607. The Kier molecular flexibility index (Phi) is 4.50. The third-order valence-corrected chi connectivity index (χ3v) is 4.52. The second kappa shape index (κ2) is 6.56. The van der Waals surface area contributed by atoms with Crippen LogP contribution < -0.4 is 10.2 Å². The Morgan fingerprint density at radius 3 is 2.91 bits per heavy atom. The van der Waals surface area contributed by atoms with Gasteiger partial charge in [-0.25, -0.2) is 9.18 Å². The maximum atomic E-state index is 13.3. The first kappa shape index (κ1) is 15.8. The Morgan fingerprint density at radius 2 is 2.17 bits per heavy atom. The normalized spacial score (nSPS) is 24.9. The van der Waals surface area contributed by atoms with Crippen LogP contribution in [0.25, 0.3) is 0 Å². The molecule has 0 aromatic heterocycles. The summed E-state index contributed by atoms with van der Waals surface area (Å²) in [6, 6.07) is 5.65. The molecule has 23 heavy (non-hydrogen) atoms. The Morgan fingerprint density at radius 1 is 1.35 bits per heavy atom. The van der Waals surface area contributed by atoms with Crippen molar-refractivity contribution >= 4 is 17.6 Å². The maximum Gasteiger partial charge on any atom is 0.317 e. The van der Waals surface area contributed by atoms with Crippen molar-refractivity contribution in [3.63, 3.8) is 0 Å². The van der Waals surface area contributed by atoms with Crippen molar-refractivity contribution in [2.75, 3.05) is 24.5 Å². The number of nitrogens with one attached hydrogen (secondary N) is 1. The Hall–Kier alpha value is -2.11. The number of likely N-dealkylation sites (tertiary alicyclic amines) is 1. The number of piperidine rings is 1. The lowest BCUT2D eigenvalue weighted by Gasteiger charge is -2.31. The zero-order chi connectivity index (χ0) is 16.4. The third kappa shape index (κ3) is 3.63. The molecule has 2 fully saturated rings. The summed E-state index contributed by atoms with van der Waals surface area (Å²) >= 11 is 0. The van der Waals surface area contributed by atoms with Crippen molar-refractivity contribution < 1.29 is 14.0 Å². The summed E-state index contributed by atoms with van der Waals surface area (Å²) < 4.78 is 13.3. The van der Waals surface area contributed by atoms with E-state index in [4.69, 9.17) is 0 Å². The van der Waals surface area contributed by atoms with Gasteiger partial charge in [-0.15, -0.1) is 0 Å². The van der Waals surface area contributed by atoms with Crippen LogP contribution in [-0.4, -0.2) is 42.5 Å². The van der Waals surface area contributed by atoms with Gasteiger partial charge in [-0.2, -0.15) is 0 Å². The average molecular weight is 319 g/mol. The van der Waals surface area contributed by atoms with Crippen LogP contribution in [0.4, 0.5) is 14.9 Å². The molecule has 0 radical (unpaired) electrons. The molecule has 0 aliphatic carbocycles. The van der Waals surface area contributed by atoms with Gasteiger partial charge in [0.15, 0.2) is 0 Å². The van der Waals surface area contributed by atoms with E-state index in [9.17, 15) is 14.0 Å². The molecule has 1 N–H and O–H groups in total. The number of carbonyl (C=O) groups excluding carboxylic acids is 2. The summed E-state index contributed by atoms with van der Waals surface area (Å²) in [6.07, 6.45) is 2.43. The Labute approximate surface area is 135 Å². The fourth-order valence-electron chi connectivity index (χ4n) is 3.34. The van der Waals surface area contributed by atoms with E-state index in [0.717, 1.165) is 25.9 Å². The number of amides is 3. The van der Waals surface area contributed by atoms with Crippen LogP contribution in [0.2, 0.25) is 0 Å². The van der Waals surface area contributed by atoms with E-state index in [1.165, 1.54) is 17.0 Å². The van der Waals surface area contributed by atoms with Crippen LogP contribution in [0.5, 0.6) is 0 Å². The zero-order valence-corrected chi connectivity index (χ0v) is 13.3. The molecular formula is C17H22FN3O2. The van der Waals surface area contributed by atoms with Gasteiger partial charge in [0.1, 0.15) is 5.82 Å². The second-order valence-corrected chi connectivity index (χ2v) is 6.53. The molecule has 0 saturated carbocycles. The fourth-order valence-corrected chi connectivity index (χ4v) is 3.34. The number of carbonyl (C=O) groups is 2. The lowest BCUT2D eigenvalue weighted by molar-refractivity contribution is -0.117. The van der Waals surface area contributed by atoms with Crippen molar-refractivity contribution in [1.82, 2.24) is 10.2 Å². The number of hydrogen-bond donors (Lipinski definition) is 1. The standard InChI is InChI=1S/C17H22FN3O2/c1-12-4-3-7-20(10-12)17(23)19-14-9-16(22)21(11-14)15-6-2-5-13(18)8-15/h2,5-6,8,12,14H,3-4,7,9-11H2,1H3,(H,19,23)/t12-,14-/m1/s1. The first-order chi connectivity index (χ1) is 11.0. The number of anilines is 1. The number of halogens is 1. The number of rotatable bonds is 2. The largest absolute Gasteiger partial charge is 0.333 e. The molecule has 1 aromatic carbocycles. The van der Waals surface area contributed by atoms with E-state index in [0.29, 0.717) is 18.2 Å². The molecule has 2 saturated heterocycles. The summed E-state index contributed by atoms with van der Waals surface area (Å²) in [6.45, 7) is 4.06. The van der Waals surface area contributed by atoms with E-state index in [2.05, 4.69) is 12.2 Å². The van der Waals surface area contributed by atoms with Crippen molar-refractivity contribution in [1.29, 1.82) is 0 Å². The summed E-state index contributed by atoms with van der Waals surface area (Å²) in [5.74, 6) is 0.0569. The molecular weight excluding hydrogens is 297 g/mol. The third-order valence-electron chi connectivity index (χ3n) is 4.52. The molecule has 6 heteroatoms. The van der Waals surface area contributed by atoms with Gasteiger partial charge in [-0.05, 0) is 37.0 Å². The number of benzene rings is 1. The van der Waals surface area contributed by atoms with Crippen molar-refractivity contribution in [3.8, 4) is 0 Å². The molecule has 2 heterocycles. The molecule has 3 amide bonds. The first-order valence-electron chi connectivity index (χ1n) is 8.14.